The Labute approximate surface area is 226 Å². The van der Waals surface area contributed by atoms with E-state index < -0.39 is 6.04 Å². The van der Waals surface area contributed by atoms with Crippen molar-refractivity contribution in [1.29, 1.82) is 0 Å². The molecule has 0 aliphatic carbocycles. The number of rotatable bonds is 8. The average Bonchev–Trinajstić information content (AvgIpc) is 3.36. The zero-order valence-electron chi connectivity index (χ0n) is 21.6. The number of fused-ring (bicyclic) bond motifs is 2. The lowest BCUT2D eigenvalue weighted by atomic mass is 10.0. The van der Waals surface area contributed by atoms with Crippen molar-refractivity contribution < 1.29 is 19.4 Å². The van der Waals surface area contributed by atoms with Crippen LogP contribution in [0.4, 0.5) is 11.4 Å². The summed E-state index contributed by atoms with van der Waals surface area (Å²) in [5, 5.41) is 17.4. The summed E-state index contributed by atoms with van der Waals surface area (Å²) in [5.74, 6) is -0.310. The lowest BCUT2D eigenvalue weighted by molar-refractivity contribution is -0.130. The van der Waals surface area contributed by atoms with Crippen molar-refractivity contribution in [2.45, 2.75) is 32.4 Å². The number of ether oxygens (including phenoxy) is 1. The van der Waals surface area contributed by atoms with E-state index in [1.807, 2.05) is 60.7 Å². The Morgan fingerprint density at radius 3 is 2.72 bits per heavy atom. The molecule has 1 aromatic heterocycles. The van der Waals surface area contributed by atoms with Gasteiger partial charge in [0.15, 0.2) is 0 Å². The van der Waals surface area contributed by atoms with Crippen molar-refractivity contribution in [3.05, 3.63) is 89.9 Å². The molecule has 0 saturated carbocycles. The molecule has 0 saturated heterocycles. The first kappa shape index (κ1) is 25.9. The summed E-state index contributed by atoms with van der Waals surface area (Å²) in [7, 11) is 0. The van der Waals surface area contributed by atoms with Crippen molar-refractivity contribution in [3.63, 3.8) is 0 Å². The molecule has 2 N–H and O–H groups in total. The van der Waals surface area contributed by atoms with Gasteiger partial charge in [0, 0.05) is 17.9 Å². The van der Waals surface area contributed by atoms with Crippen LogP contribution in [-0.4, -0.2) is 46.0 Å². The number of aliphatic hydroxyl groups excluding tert-OH is 1. The van der Waals surface area contributed by atoms with Gasteiger partial charge in [-0.05, 0) is 42.7 Å². The number of anilines is 1. The van der Waals surface area contributed by atoms with Gasteiger partial charge >= 0.3 is 0 Å². The summed E-state index contributed by atoms with van der Waals surface area (Å²) < 4.78 is 7.71. The standard InChI is InChI=1S/C30H29N5O4/c1-20(9-8-16-36)29(37)33-24-19-39-28-15-6-5-13-27(28)34(30(24)38)18-21-10-7-14-25-22(21)17-32-35(25)26-12-4-3-11-23(26)31-2/h3-7,10-15,17,20,24,36H,8-9,16,18-19H2,1H3,(H,33,37)/t20-,24+/m1/s1. The van der Waals surface area contributed by atoms with Gasteiger partial charge in [-0.15, -0.1) is 0 Å². The molecule has 1 aliphatic heterocycles. The number of carbonyl (C=O) groups is 2. The van der Waals surface area contributed by atoms with Crippen LogP contribution in [0.15, 0.2) is 72.9 Å². The van der Waals surface area contributed by atoms with Gasteiger partial charge in [-0.3, -0.25) is 9.59 Å². The van der Waals surface area contributed by atoms with Crippen LogP contribution in [0.3, 0.4) is 0 Å². The summed E-state index contributed by atoms with van der Waals surface area (Å²) in [6, 6.07) is 19.5. The van der Waals surface area contributed by atoms with E-state index in [-0.39, 0.29) is 37.5 Å². The maximum Gasteiger partial charge on any atom is 0.253 e. The van der Waals surface area contributed by atoms with Crippen LogP contribution in [0, 0.1) is 12.5 Å². The molecular weight excluding hydrogens is 494 g/mol. The minimum Gasteiger partial charge on any atom is -0.489 e. The Morgan fingerprint density at radius 1 is 1.15 bits per heavy atom. The van der Waals surface area contributed by atoms with E-state index >= 15 is 0 Å². The first-order valence-electron chi connectivity index (χ1n) is 12.9. The highest BCUT2D eigenvalue weighted by Crippen LogP contribution is 2.34. The minimum absolute atomic E-state index is 0.0117. The number of benzene rings is 3. The van der Waals surface area contributed by atoms with Crippen LogP contribution in [0.5, 0.6) is 5.75 Å². The van der Waals surface area contributed by atoms with Crippen molar-refractivity contribution in [2.24, 2.45) is 5.92 Å². The molecule has 2 amide bonds. The number of aliphatic hydroxyl groups is 1. The number of amides is 2. The molecule has 198 valence electrons. The lowest BCUT2D eigenvalue weighted by Crippen LogP contribution is -2.51. The molecule has 9 heteroatoms. The monoisotopic (exact) mass is 523 g/mol. The van der Waals surface area contributed by atoms with Gasteiger partial charge in [-0.25, -0.2) is 9.53 Å². The van der Waals surface area contributed by atoms with Crippen LogP contribution in [0.1, 0.15) is 25.3 Å². The van der Waals surface area contributed by atoms with Gasteiger partial charge in [0.05, 0.1) is 36.2 Å². The van der Waals surface area contributed by atoms with E-state index in [0.717, 1.165) is 16.5 Å². The third-order valence-electron chi connectivity index (χ3n) is 6.95. The van der Waals surface area contributed by atoms with E-state index in [9.17, 15) is 9.59 Å². The van der Waals surface area contributed by atoms with Crippen LogP contribution >= 0.6 is 0 Å². The molecular formula is C30H29N5O4. The lowest BCUT2D eigenvalue weighted by Gasteiger charge is -2.26. The Kier molecular flexibility index (Phi) is 7.57. The number of carbonyl (C=O) groups excluding carboxylic acids is 2. The third-order valence-corrected chi connectivity index (χ3v) is 6.95. The molecule has 39 heavy (non-hydrogen) atoms. The molecule has 0 bridgehead atoms. The van der Waals surface area contributed by atoms with Gasteiger partial charge < -0.3 is 20.1 Å². The first-order valence-corrected chi connectivity index (χ1v) is 12.9. The normalized spacial score (nSPS) is 15.7. The molecule has 9 nitrogen and oxygen atoms in total. The molecule has 4 aromatic rings. The Morgan fingerprint density at radius 2 is 1.92 bits per heavy atom. The summed E-state index contributed by atoms with van der Waals surface area (Å²) >= 11 is 0. The van der Waals surface area contributed by atoms with Crippen molar-refractivity contribution in [3.8, 4) is 11.4 Å². The highest BCUT2D eigenvalue weighted by atomic mass is 16.5. The molecule has 5 rings (SSSR count). The third kappa shape index (κ3) is 5.19. The van der Waals surface area contributed by atoms with Gasteiger partial charge in [-0.2, -0.15) is 5.10 Å². The number of hydrogen-bond acceptors (Lipinski definition) is 5. The second kappa shape index (κ2) is 11.4. The summed E-state index contributed by atoms with van der Waals surface area (Å²) in [6.45, 7) is 9.58. The molecule has 0 unspecified atom stereocenters. The number of aromatic nitrogens is 2. The highest BCUT2D eigenvalue weighted by Gasteiger charge is 2.33. The van der Waals surface area contributed by atoms with Gasteiger partial charge in [0.2, 0.25) is 11.6 Å². The number of nitrogens with one attached hydrogen (secondary N) is 1. The minimum atomic E-state index is -0.867. The molecule has 2 atom stereocenters. The quantitative estimate of drug-likeness (QED) is 0.334. The van der Waals surface area contributed by atoms with E-state index in [0.29, 0.717) is 35.7 Å². The fourth-order valence-electron chi connectivity index (χ4n) is 4.81. The van der Waals surface area contributed by atoms with Crippen LogP contribution in [-0.2, 0) is 16.1 Å². The average molecular weight is 524 g/mol. The van der Waals surface area contributed by atoms with E-state index in [2.05, 4.69) is 15.3 Å². The molecule has 0 radical (unpaired) electrons. The van der Waals surface area contributed by atoms with Crippen LogP contribution < -0.4 is 15.0 Å². The molecule has 1 aliphatic rings. The molecule has 0 spiro atoms. The predicted octanol–water partition coefficient (Wildman–Crippen LogP) is 4.40. The van der Waals surface area contributed by atoms with Crippen LogP contribution in [0.2, 0.25) is 0 Å². The molecule has 3 aromatic carbocycles. The number of para-hydroxylation sites is 4. The van der Waals surface area contributed by atoms with Gasteiger partial charge in [0.1, 0.15) is 18.4 Å². The predicted molar refractivity (Wildman–Crippen MR) is 148 cm³/mol. The maximum atomic E-state index is 13.9. The SMILES string of the molecule is [C-]#[N+]c1ccccc1-n1ncc2c(CN3C(=O)[C@@H](NC(=O)[C@H](C)CCCO)COc4ccccc43)cccc21. The van der Waals surface area contributed by atoms with Gasteiger partial charge in [0.25, 0.3) is 5.91 Å². The summed E-state index contributed by atoms with van der Waals surface area (Å²) in [5.41, 5.74) is 3.48. The maximum absolute atomic E-state index is 13.9. The zero-order chi connectivity index (χ0) is 27.4. The smallest absolute Gasteiger partial charge is 0.253 e. The van der Waals surface area contributed by atoms with Crippen molar-refractivity contribution in [1.82, 2.24) is 15.1 Å². The summed E-state index contributed by atoms with van der Waals surface area (Å²) in [4.78, 5) is 32.0. The molecule has 0 fully saturated rings. The van der Waals surface area contributed by atoms with E-state index in [1.54, 1.807) is 28.8 Å². The van der Waals surface area contributed by atoms with Crippen molar-refractivity contribution >= 4 is 34.1 Å². The fourth-order valence-corrected chi connectivity index (χ4v) is 4.81. The topological polar surface area (TPSA) is 101 Å². The highest BCUT2D eigenvalue weighted by molar-refractivity contribution is 6.01. The zero-order valence-corrected chi connectivity index (χ0v) is 21.6. The fraction of sp³-hybridized carbons (Fsp3) is 0.267. The van der Waals surface area contributed by atoms with E-state index in [1.165, 1.54) is 0 Å². The first-order chi connectivity index (χ1) is 19.0. The Bertz CT molecular complexity index is 1560. The summed E-state index contributed by atoms with van der Waals surface area (Å²) in [6.07, 6.45) is 2.79. The molecule has 2 heterocycles. The van der Waals surface area contributed by atoms with Gasteiger partial charge in [-0.1, -0.05) is 49.4 Å². The number of nitrogens with zero attached hydrogens (tertiary/aromatic N) is 4. The largest absolute Gasteiger partial charge is 0.489 e. The number of hydrogen-bond donors (Lipinski definition) is 2. The Hall–Kier alpha value is -4.68. The Balaban J connectivity index is 1.49. The van der Waals surface area contributed by atoms with E-state index in [4.69, 9.17) is 16.4 Å². The van der Waals surface area contributed by atoms with Crippen molar-refractivity contribution in [2.75, 3.05) is 18.1 Å². The van der Waals surface area contributed by atoms with Crippen LogP contribution in [0.25, 0.3) is 21.4 Å². The second-order valence-electron chi connectivity index (χ2n) is 9.54. The second-order valence-corrected chi connectivity index (χ2v) is 9.54.